The van der Waals surface area contributed by atoms with E-state index in [-0.39, 0.29) is 18.1 Å². The summed E-state index contributed by atoms with van der Waals surface area (Å²) >= 11 is 0. The van der Waals surface area contributed by atoms with Gasteiger partial charge in [-0.2, -0.15) is 0 Å². The van der Waals surface area contributed by atoms with Crippen molar-refractivity contribution in [3.63, 3.8) is 0 Å². The van der Waals surface area contributed by atoms with Crippen LogP contribution in [0.4, 0.5) is 0 Å². The fourth-order valence-corrected chi connectivity index (χ4v) is 2.06. The molecule has 0 saturated carbocycles. The van der Waals surface area contributed by atoms with E-state index in [4.69, 9.17) is 5.11 Å². The van der Waals surface area contributed by atoms with Gasteiger partial charge in [0.25, 0.3) is 0 Å². The van der Waals surface area contributed by atoms with Gasteiger partial charge in [-0.05, 0) is 25.8 Å². The standard InChI is InChI=1S/C11H23NO2/c1-9(14)10-4-5-12(6-10)7-11(2,3)8-13/h9-10,13-14H,4-8H2,1-3H3. The molecule has 0 spiro atoms. The van der Waals surface area contributed by atoms with Crippen LogP contribution in [0.2, 0.25) is 0 Å². The van der Waals surface area contributed by atoms with Gasteiger partial charge in [0.15, 0.2) is 0 Å². The summed E-state index contributed by atoms with van der Waals surface area (Å²) in [5.74, 6) is 0.421. The van der Waals surface area contributed by atoms with Crippen molar-refractivity contribution >= 4 is 0 Å². The Balaban J connectivity index is 2.36. The first-order valence-electron chi connectivity index (χ1n) is 5.46. The van der Waals surface area contributed by atoms with Crippen molar-refractivity contribution in [2.45, 2.75) is 33.3 Å². The van der Waals surface area contributed by atoms with E-state index < -0.39 is 0 Å². The van der Waals surface area contributed by atoms with Crippen LogP contribution in [0.15, 0.2) is 0 Å². The summed E-state index contributed by atoms with van der Waals surface area (Å²) in [4.78, 5) is 2.34. The van der Waals surface area contributed by atoms with Gasteiger partial charge >= 0.3 is 0 Å². The summed E-state index contributed by atoms with van der Waals surface area (Å²) < 4.78 is 0. The molecule has 3 nitrogen and oxygen atoms in total. The van der Waals surface area contributed by atoms with Crippen LogP contribution in [0, 0.1) is 11.3 Å². The highest BCUT2D eigenvalue weighted by molar-refractivity contribution is 4.82. The molecule has 2 atom stereocenters. The zero-order valence-electron chi connectivity index (χ0n) is 9.53. The smallest absolute Gasteiger partial charge is 0.0552 e. The number of aliphatic hydroxyl groups is 2. The lowest BCUT2D eigenvalue weighted by molar-refractivity contribution is 0.0984. The zero-order valence-corrected chi connectivity index (χ0v) is 9.53. The summed E-state index contributed by atoms with van der Waals surface area (Å²) in [6, 6.07) is 0. The van der Waals surface area contributed by atoms with Crippen LogP contribution in [0.25, 0.3) is 0 Å². The summed E-state index contributed by atoms with van der Waals surface area (Å²) in [5, 5.41) is 18.6. The number of nitrogens with zero attached hydrogens (tertiary/aromatic N) is 1. The normalized spacial score (nSPS) is 26.8. The Hall–Kier alpha value is -0.120. The van der Waals surface area contributed by atoms with Crippen molar-refractivity contribution in [3.05, 3.63) is 0 Å². The van der Waals surface area contributed by atoms with Gasteiger partial charge in [0.2, 0.25) is 0 Å². The molecule has 2 unspecified atom stereocenters. The third-order valence-electron chi connectivity index (χ3n) is 3.07. The maximum Gasteiger partial charge on any atom is 0.0552 e. The van der Waals surface area contributed by atoms with Crippen LogP contribution < -0.4 is 0 Å². The van der Waals surface area contributed by atoms with E-state index in [1.165, 1.54) is 0 Å². The maximum absolute atomic E-state index is 9.45. The molecule has 1 aliphatic heterocycles. The van der Waals surface area contributed by atoms with Crippen molar-refractivity contribution in [1.29, 1.82) is 0 Å². The minimum Gasteiger partial charge on any atom is -0.396 e. The second-order valence-electron chi connectivity index (χ2n) is 5.35. The third-order valence-corrected chi connectivity index (χ3v) is 3.07. The monoisotopic (exact) mass is 201 g/mol. The van der Waals surface area contributed by atoms with E-state index in [1.54, 1.807) is 0 Å². The lowest BCUT2D eigenvalue weighted by Gasteiger charge is -2.28. The topological polar surface area (TPSA) is 43.7 Å². The molecule has 14 heavy (non-hydrogen) atoms. The van der Waals surface area contributed by atoms with E-state index in [2.05, 4.69) is 18.7 Å². The molecule has 84 valence electrons. The van der Waals surface area contributed by atoms with Gasteiger partial charge < -0.3 is 15.1 Å². The molecule has 0 aromatic carbocycles. The fourth-order valence-electron chi connectivity index (χ4n) is 2.06. The van der Waals surface area contributed by atoms with E-state index in [0.29, 0.717) is 5.92 Å². The van der Waals surface area contributed by atoms with Crippen LogP contribution in [0.1, 0.15) is 27.2 Å². The highest BCUT2D eigenvalue weighted by Crippen LogP contribution is 2.24. The Kier molecular flexibility index (Phi) is 3.93. The first-order valence-corrected chi connectivity index (χ1v) is 5.46. The molecular formula is C11H23NO2. The van der Waals surface area contributed by atoms with Gasteiger partial charge in [-0.3, -0.25) is 0 Å². The molecule has 0 aromatic rings. The maximum atomic E-state index is 9.45. The van der Waals surface area contributed by atoms with Crippen molar-refractivity contribution in [1.82, 2.24) is 4.90 Å². The van der Waals surface area contributed by atoms with Gasteiger partial charge in [0.1, 0.15) is 0 Å². The highest BCUT2D eigenvalue weighted by Gasteiger charge is 2.29. The SMILES string of the molecule is CC(O)C1CCN(CC(C)(C)CO)C1. The molecule has 3 heteroatoms. The molecule has 2 N–H and O–H groups in total. The number of likely N-dealkylation sites (tertiary alicyclic amines) is 1. The lowest BCUT2D eigenvalue weighted by Crippen LogP contribution is -2.35. The van der Waals surface area contributed by atoms with Crippen molar-refractivity contribution in [2.75, 3.05) is 26.2 Å². The fraction of sp³-hybridized carbons (Fsp3) is 1.00. The molecule has 0 aliphatic carbocycles. The summed E-state index contributed by atoms with van der Waals surface area (Å²) in [5.41, 5.74) is -0.0203. The molecular weight excluding hydrogens is 178 g/mol. The van der Waals surface area contributed by atoms with Gasteiger partial charge in [-0.25, -0.2) is 0 Å². The first kappa shape index (κ1) is 12.0. The van der Waals surface area contributed by atoms with Crippen molar-refractivity contribution in [2.24, 2.45) is 11.3 Å². The predicted molar refractivity (Wildman–Crippen MR) is 57.1 cm³/mol. The molecule has 1 fully saturated rings. The zero-order chi connectivity index (χ0) is 10.8. The van der Waals surface area contributed by atoms with Crippen LogP contribution in [-0.4, -0.2) is 47.5 Å². The Bertz CT molecular complexity index is 180. The average molecular weight is 201 g/mol. The van der Waals surface area contributed by atoms with Crippen molar-refractivity contribution < 1.29 is 10.2 Å². The number of hydrogen-bond donors (Lipinski definition) is 2. The van der Waals surface area contributed by atoms with E-state index in [0.717, 1.165) is 26.1 Å². The second kappa shape index (κ2) is 4.60. The molecule has 1 aliphatic rings. The van der Waals surface area contributed by atoms with Crippen LogP contribution in [0.3, 0.4) is 0 Å². The third kappa shape index (κ3) is 3.23. The number of aliphatic hydroxyl groups excluding tert-OH is 2. The molecule has 0 radical (unpaired) electrons. The molecule has 0 aromatic heterocycles. The average Bonchev–Trinajstić information content (AvgIpc) is 2.52. The lowest BCUT2D eigenvalue weighted by atomic mass is 9.94. The minimum absolute atomic E-state index is 0.0203. The Morgan fingerprint density at radius 3 is 2.57 bits per heavy atom. The number of hydrogen-bond acceptors (Lipinski definition) is 3. The summed E-state index contributed by atoms with van der Waals surface area (Å²) in [6.07, 6.45) is 0.886. The van der Waals surface area contributed by atoms with Gasteiger partial charge in [-0.15, -0.1) is 0 Å². The van der Waals surface area contributed by atoms with E-state index in [1.807, 2.05) is 6.92 Å². The van der Waals surface area contributed by atoms with Crippen LogP contribution >= 0.6 is 0 Å². The Morgan fingerprint density at radius 1 is 1.50 bits per heavy atom. The molecule has 1 heterocycles. The Morgan fingerprint density at radius 2 is 2.14 bits per heavy atom. The quantitative estimate of drug-likeness (QED) is 0.704. The second-order valence-corrected chi connectivity index (χ2v) is 5.35. The summed E-state index contributed by atoms with van der Waals surface area (Å²) in [7, 11) is 0. The largest absolute Gasteiger partial charge is 0.396 e. The van der Waals surface area contributed by atoms with E-state index in [9.17, 15) is 5.11 Å². The molecule has 1 saturated heterocycles. The minimum atomic E-state index is -0.197. The molecule has 1 rings (SSSR count). The predicted octanol–water partition coefficient (Wildman–Crippen LogP) is 0.708. The van der Waals surface area contributed by atoms with Crippen LogP contribution in [0.5, 0.6) is 0 Å². The van der Waals surface area contributed by atoms with Crippen molar-refractivity contribution in [3.8, 4) is 0 Å². The van der Waals surface area contributed by atoms with Gasteiger partial charge in [0.05, 0.1) is 6.10 Å². The first-order chi connectivity index (χ1) is 6.44. The van der Waals surface area contributed by atoms with Gasteiger partial charge in [-0.1, -0.05) is 13.8 Å². The van der Waals surface area contributed by atoms with Crippen LogP contribution in [-0.2, 0) is 0 Å². The Labute approximate surface area is 86.7 Å². The molecule has 0 amide bonds. The summed E-state index contributed by atoms with van der Waals surface area (Å²) in [6.45, 7) is 9.19. The van der Waals surface area contributed by atoms with E-state index >= 15 is 0 Å². The number of rotatable bonds is 4. The van der Waals surface area contributed by atoms with Gasteiger partial charge in [0, 0.05) is 25.1 Å². The molecule has 0 bridgehead atoms. The highest BCUT2D eigenvalue weighted by atomic mass is 16.3.